The van der Waals surface area contributed by atoms with Gasteiger partial charge >= 0.3 is 5.97 Å². The minimum atomic E-state index is -0.440. The van der Waals surface area contributed by atoms with Gasteiger partial charge in [0.1, 0.15) is 11.5 Å². The van der Waals surface area contributed by atoms with E-state index in [1.165, 1.54) is 11.6 Å². The number of benzene rings is 2. The molecule has 0 aliphatic heterocycles. The van der Waals surface area contributed by atoms with Gasteiger partial charge < -0.3 is 9.15 Å². The van der Waals surface area contributed by atoms with Gasteiger partial charge in [0.05, 0.1) is 6.26 Å². The van der Waals surface area contributed by atoms with E-state index in [-0.39, 0.29) is 0 Å². The summed E-state index contributed by atoms with van der Waals surface area (Å²) in [5, 5.41) is 0. The number of furan rings is 1. The van der Waals surface area contributed by atoms with E-state index in [0.717, 1.165) is 11.1 Å². The summed E-state index contributed by atoms with van der Waals surface area (Å²) < 4.78 is 10.4. The van der Waals surface area contributed by atoms with Crippen molar-refractivity contribution in [3.05, 3.63) is 84.3 Å². The molecular formula is C20H16O3. The van der Waals surface area contributed by atoms with E-state index in [1.807, 2.05) is 12.1 Å². The number of carbonyl (C=O) groups excluding carboxylic acids is 1. The zero-order chi connectivity index (χ0) is 16.1. The Morgan fingerprint density at radius 1 is 0.957 bits per heavy atom. The fourth-order valence-electron chi connectivity index (χ4n) is 2.15. The topological polar surface area (TPSA) is 39.4 Å². The van der Waals surface area contributed by atoms with Crippen molar-refractivity contribution in [1.29, 1.82) is 0 Å². The summed E-state index contributed by atoms with van der Waals surface area (Å²) >= 11 is 0. The first kappa shape index (κ1) is 14.9. The Morgan fingerprint density at radius 3 is 2.22 bits per heavy atom. The fourth-order valence-corrected chi connectivity index (χ4v) is 2.15. The highest BCUT2D eigenvalue weighted by molar-refractivity contribution is 5.88. The molecule has 3 rings (SSSR count). The average molecular weight is 304 g/mol. The molecule has 1 aromatic heterocycles. The van der Waals surface area contributed by atoms with Crippen LogP contribution >= 0.6 is 0 Å². The highest BCUT2D eigenvalue weighted by Crippen LogP contribution is 2.22. The lowest BCUT2D eigenvalue weighted by Gasteiger charge is -2.05. The third-order valence-electron chi connectivity index (χ3n) is 3.38. The molecule has 114 valence electrons. The van der Waals surface area contributed by atoms with Crippen LogP contribution in [0.15, 0.2) is 77.4 Å². The van der Waals surface area contributed by atoms with Crippen LogP contribution in [0, 0.1) is 6.92 Å². The Kier molecular flexibility index (Phi) is 4.39. The monoisotopic (exact) mass is 304 g/mol. The fraction of sp³-hybridized carbons (Fsp3) is 0.0500. The molecule has 3 nitrogen and oxygen atoms in total. The molecule has 0 spiro atoms. The number of aryl methyl sites for hydroxylation is 1. The van der Waals surface area contributed by atoms with Crippen LogP contribution in [0.5, 0.6) is 5.75 Å². The zero-order valence-electron chi connectivity index (χ0n) is 12.7. The van der Waals surface area contributed by atoms with Crippen LogP contribution in [0.4, 0.5) is 0 Å². The van der Waals surface area contributed by atoms with Crippen molar-refractivity contribution in [2.75, 3.05) is 0 Å². The number of carbonyl (C=O) groups is 1. The van der Waals surface area contributed by atoms with Crippen molar-refractivity contribution in [2.45, 2.75) is 6.92 Å². The van der Waals surface area contributed by atoms with E-state index in [2.05, 4.69) is 31.2 Å². The predicted octanol–water partition coefficient (Wildman–Crippen LogP) is 4.87. The summed E-state index contributed by atoms with van der Waals surface area (Å²) in [5.74, 6) is 0.677. The second-order valence-corrected chi connectivity index (χ2v) is 5.16. The predicted molar refractivity (Wildman–Crippen MR) is 90.0 cm³/mol. The largest absolute Gasteiger partial charge is 0.465 e. The van der Waals surface area contributed by atoms with Crippen molar-refractivity contribution in [3.63, 3.8) is 0 Å². The minimum absolute atomic E-state index is 0.440. The van der Waals surface area contributed by atoms with Crippen molar-refractivity contribution < 1.29 is 13.9 Å². The second kappa shape index (κ2) is 6.79. The molecule has 0 saturated heterocycles. The summed E-state index contributed by atoms with van der Waals surface area (Å²) in [4.78, 5) is 11.7. The van der Waals surface area contributed by atoms with E-state index < -0.39 is 5.97 Å². The molecule has 0 radical (unpaired) electrons. The minimum Gasteiger partial charge on any atom is -0.465 e. The van der Waals surface area contributed by atoms with E-state index in [4.69, 9.17) is 9.15 Å². The van der Waals surface area contributed by atoms with Gasteiger partial charge in [-0.3, -0.25) is 0 Å². The summed E-state index contributed by atoms with van der Waals surface area (Å²) in [6.07, 6.45) is 4.46. The first-order chi connectivity index (χ1) is 11.2. The van der Waals surface area contributed by atoms with Gasteiger partial charge in [0, 0.05) is 6.08 Å². The first-order valence-electron chi connectivity index (χ1n) is 7.31. The number of hydrogen-bond donors (Lipinski definition) is 0. The summed E-state index contributed by atoms with van der Waals surface area (Å²) in [6.45, 7) is 2.06. The SMILES string of the molecule is Cc1ccc(-c2ccc(OC(=O)C=Cc3ccco3)cc2)cc1. The molecule has 0 N–H and O–H groups in total. The second-order valence-electron chi connectivity index (χ2n) is 5.16. The highest BCUT2D eigenvalue weighted by atomic mass is 16.5. The third kappa shape index (κ3) is 3.98. The third-order valence-corrected chi connectivity index (χ3v) is 3.38. The van der Waals surface area contributed by atoms with Crippen LogP contribution in [-0.2, 0) is 4.79 Å². The maximum Gasteiger partial charge on any atom is 0.336 e. The van der Waals surface area contributed by atoms with E-state index in [0.29, 0.717) is 11.5 Å². The zero-order valence-corrected chi connectivity index (χ0v) is 12.7. The van der Waals surface area contributed by atoms with Gasteiger partial charge in [-0.15, -0.1) is 0 Å². The number of hydrogen-bond acceptors (Lipinski definition) is 3. The summed E-state index contributed by atoms with van der Waals surface area (Å²) in [7, 11) is 0. The normalized spacial score (nSPS) is 10.8. The Bertz CT molecular complexity index is 795. The molecule has 0 aliphatic carbocycles. The lowest BCUT2D eigenvalue weighted by molar-refractivity contribution is -0.128. The molecule has 0 fully saturated rings. The molecule has 23 heavy (non-hydrogen) atoms. The van der Waals surface area contributed by atoms with Crippen molar-refractivity contribution in [1.82, 2.24) is 0 Å². The summed E-state index contributed by atoms with van der Waals surface area (Å²) in [6, 6.07) is 19.2. The average Bonchev–Trinajstić information content (AvgIpc) is 3.08. The molecule has 0 aliphatic rings. The molecule has 0 atom stereocenters. The van der Waals surface area contributed by atoms with Crippen LogP contribution in [0.1, 0.15) is 11.3 Å². The lowest BCUT2D eigenvalue weighted by atomic mass is 10.0. The molecular weight excluding hydrogens is 288 g/mol. The van der Waals surface area contributed by atoms with Gasteiger partial charge in [-0.1, -0.05) is 42.0 Å². The van der Waals surface area contributed by atoms with Crippen LogP contribution < -0.4 is 4.74 Å². The standard InChI is InChI=1S/C20H16O3/c1-15-4-6-16(7-5-15)17-8-10-19(11-9-17)23-20(21)13-12-18-3-2-14-22-18/h2-14H,1H3. The highest BCUT2D eigenvalue weighted by Gasteiger charge is 2.02. The van der Waals surface area contributed by atoms with Crippen molar-refractivity contribution >= 4 is 12.0 Å². The van der Waals surface area contributed by atoms with Gasteiger partial charge in [-0.25, -0.2) is 4.79 Å². The van der Waals surface area contributed by atoms with Gasteiger partial charge in [0.25, 0.3) is 0 Å². The van der Waals surface area contributed by atoms with Crippen LogP contribution in [0.3, 0.4) is 0 Å². The van der Waals surface area contributed by atoms with Gasteiger partial charge in [0.2, 0.25) is 0 Å². The number of rotatable bonds is 4. The van der Waals surface area contributed by atoms with Crippen LogP contribution in [-0.4, -0.2) is 5.97 Å². The van der Waals surface area contributed by atoms with Crippen LogP contribution in [0.25, 0.3) is 17.2 Å². The first-order valence-corrected chi connectivity index (χ1v) is 7.31. The Hall–Kier alpha value is -3.07. The molecule has 1 heterocycles. The van der Waals surface area contributed by atoms with E-state index >= 15 is 0 Å². The molecule has 3 heteroatoms. The maximum atomic E-state index is 11.7. The quantitative estimate of drug-likeness (QED) is 0.392. The molecule has 3 aromatic rings. The van der Waals surface area contributed by atoms with Gasteiger partial charge in [-0.05, 0) is 48.4 Å². The molecule has 0 saturated carbocycles. The number of ether oxygens (including phenoxy) is 1. The molecule has 0 unspecified atom stereocenters. The number of esters is 1. The Morgan fingerprint density at radius 2 is 1.61 bits per heavy atom. The molecule has 2 aromatic carbocycles. The maximum absolute atomic E-state index is 11.7. The van der Waals surface area contributed by atoms with Gasteiger partial charge in [-0.2, -0.15) is 0 Å². The molecule has 0 amide bonds. The Balaban J connectivity index is 1.65. The smallest absolute Gasteiger partial charge is 0.336 e. The molecule has 0 bridgehead atoms. The lowest BCUT2D eigenvalue weighted by Crippen LogP contribution is -2.03. The van der Waals surface area contributed by atoms with Gasteiger partial charge in [0.15, 0.2) is 0 Å². The van der Waals surface area contributed by atoms with Crippen molar-refractivity contribution in [2.24, 2.45) is 0 Å². The summed E-state index contributed by atoms with van der Waals surface area (Å²) in [5.41, 5.74) is 3.43. The van der Waals surface area contributed by atoms with E-state index in [1.54, 1.807) is 36.6 Å². The van der Waals surface area contributed by atoms with E-state index in [9.17, 15) is 4.79 Å². The Labute approximate surface area is 134 Å². The van der Waals surface area contributed by atoms with Crippen LogP contribution in [0.2, 0.25) is 0 Å². The van der Waals surface area contributed by atoms with Crippen molar-refractivity contribution in [3.8, 4) is 16.9 Å².